The van der Waals surface area contributed by atoms with Gasteiger partial charge in [0.05, 0.1) is 12.1 Å². The lowest BCUT2D eigenvalue weighted by atomic mass is 9.88. The smallest absolute Gasteiger partial charge is 0.408 e. The Bertz CT molecular complexity index is 748. The molecule has 0 bridgehead atoms. The van der Waals surface area contributed by atoms with E-state index >= 15 is 0 Å². The first-order valence-electron chi connectivity index (χ1n) is 11.9. The highest BCUT2D eigenvalue weighted by Gasteiger charge is 2.29. The van der Waals surface area contributed by atoms with Crippen LogP contribution in [0, 0.1) is 17.8 Å². The van der Waals surface area contributed by atoms with Gasteiger partial charge in [-0.15, -0.1) is 0 Å². The van der Waals surface area contributed by atoms with Crippen molar-refractivity contribution in [1.82, 2.24) is 10.6 Å². The lowest BCUT2D eigenvalue weighted by Crippen LogP contribution is -2.45. The van der Waals surface area contributed by atoms with E-state index in [0.29, 0.717) is 19.3 Å². The SMILES string of the molecule is CCC[C@@H](C=O)NC(=O)[C@@H](CC(=O)[C@H](CC(C)C)NC(=O)OCc1ccccc1)CC(C)C. The zero-order valence-electron chi connectivity index (χ0n) is 20.6. The van der Waals surface area contributed by atoms with Crippen molar-refractivity contribution in [3.8, 4) is 0 Å². The molecule has 0 spiro atoms. The van der Waals surface area contributed by atoms with Crippen molar-refractivity contribution in [3.05, 3.63) is 35.9 Å². The molecule has 0 aromatic heterocycles. The van der Waals surface area contributed by atoms with Crippen LogP contribution in [0.4, 0.5) is 4.79 Å². The number of carbonyl (C=O) groups is 4. The maximum absolute atomic E-state index is 13.1. The van der Waals surface area contributed by atoms with Crippen LogP contribution in [0.3, 0.4) is 0 Å². The van der Waals surface area contributed by atoms with E-state index in [1.165, 1.54) is 0 Å². The van der Waals surface area contributed by atoms with Gasteiger partial charge in [-0.1, -0.05) is 71.4 Å². The fourth-order valence-electron chi connectivity index (χ4n) is 3.67. The molecule has 2 amide bonds. The Kier molecular flexibility index (Phi) is 13.0. The molecule has 7 nitrogen and oxygen atoms in total. The number of carbonyl (C=O) groups excluding carboxylic acids is 4. The van der Waals surface area contributed by atoms with Crippen LogP contribution in [-0.4, -0.2) is 36.2 Å². The number of alkyl carbamates (subject to hydrolysis) is 1. The topological polar surface area (TPSA) is 102 Å². The van der Waals surface area contributed by atoms with Crippen molar-refractivity contribution in [3.63, 3.8) is 0 Å². The minimum Gasteiger partial charge on any atom is -0.445 e. The highest BCUT2D eigenvalue weighted by atomic mass is 16.5. The molecule has 7 heteroatoms. The summed E-state index contributed by atoms with van der Waals surface area (Å²) in [4.78, 5) is 49.6. The summed E-state index contributed by atoms with van der Waals surface area (Å²) in [5.74, 6) is -0.707. The average molecular weight is 461 g/mol. The molecule has 0 saturated heterocycles. The number of aldehydes is 1. The molecule has 0 aliphatic heterocycles. The van der Waals surface area contributed by atoms with Crippen molar-refractivity contribution < 1.29 is 23.9 Å². The molecule has 3 atom stereocenters. The third-order valence-electron chi connectivity index (χ3n) is 5.27. The summed E-state index contributed by atoms with van der Waals surface area (Å²) in [6, 6.07) is 8.01. The summed E-state index contributed by atoms with van der Waals surface area (Å²) in [5, 5.41) is 5.46. The Balaban J connectivity index is 2.82. The van der Waals surface area contributed by atoms with Crippen LogP contribution in [0.15, 0.2) is 30.3 Å². The van der Waals surface area contributed by atoms with Gasteiger partial charge in [0.15, 0.2) is 5.78 Å². The monoisotopic (exact) mass is 460 g/mol. The van der Waals surface area contributed by atoms with Crippen LogP contribution in [0.25, 0.3) is 0 Å². The number of ether oxygens (including phenoxy) is 1. The molecule has 1 aromatic carbocycles. The van der Waals surface area contributed by atoms with Crippen molar-refractivity contribution in [2.45, 2.75) is 85.4 Å². The molecule has 1 aromatic rings. The fourth-order valence-corrected chi connectivity index (χ4v) is 3.67. The predicted octanol–water partition coefficient (Wildman–Crippen LogP) is 4.43. The minimum atomic E-state index is -0.742. The Morgan fingerprint density at radius 3 is 2.15 bits per heavy atom. The lowest BCUT2D eigenvalue weighted by Gasteiger charge is -2.24. The van der Waals surface area contributed by atoms with Gasteiger partial charge in [0.1, 0.15) is 12.9 Å². The van der Waals surface area contributed by atoms with Crippen LogP contribution in [0.5, 0.6) is 0 Å². The summed E-state index contributed by atoms with van der Waals surface area (Å²) in [5.41, 5.74) is 0.852. The Hall–Kier alpha value is -2.70. The molecule has 0 fully saturated rings. The summed E-state index contributed by atoms with van der Waals surface area (Å²) >= 11 is 0. The van der Waals surface area contributed by atoms with Crippen molar-refractivity contribution in [1.29, 1.82) is 0 Å². The summed E-state index contributed by atoms with van der Waals surface area (Å²) in [6.45, 7) is 9.95. The first-order valence-corrected chi connectivity index (χ1v) is 11.9. The van der Waals surface area contributed by atoms with Crippen LogP contribution in [0.1, 0.15) is 72.3 Å². The van der Waals surface area contributed by atoms with Gasteiger partial charge in [-0.2, -0.15) is 0 Å². The molecule has 0 heterocycles. The summed E-state index contributed by atoms with van der Waals surface area (Å²) in [7, 11) is 0. The highest BCUT2D eigenvalue weighted by Crippen LogP contribution is 2.19. The van der Waals surface area contributed by atoms with Crippen LogP contribution >= 0.6 is 0 Å². The van der Waals surface area contributed by atoms with E-state index < -0.39 is 24.1 Å². The second kappa shape index (κ2) is 15.2. The van der Waals surface area contributed by atoms with E-state index in [9.17, 15) is 19.2 Å². The Labute approximate surface area is 198 Å². The maximum atomic E-state index is 13.1. The third kappa shape index (κ3) is 11.6. The fraction of sp³-hybridized carbons (Fsp3) is 0.615. The second-order valence-electron chi connectivity index (χ2n) is 9.42. The van der Waals surface area contributed by atoms with Gasteiger partial charge in [0.2, 0.25) is 5.91 Å². The number of hydrogen-bond acceptors (Lipinski definition) is 5. The molecular formula is C26H40N2O5. The molecule has 184 valence electrons. The Morgan fingerprint density at radius 2 is 1.61 bits per heavy atom. The van der Waals surface area contributed by atoms with Gasteiger partial charge in [-0.3, -0.25) is 9.59 Å². The Morgan fingerprint density at radius 1 is 0.970 bits per heavy atom. The first kappa shape index (κ1) is 28.3. The number of hydrogen-bond donors (Lipinski definition) is 2. The van der Waals surface area contributed by atoms with Gasteiger partial charge in [0.25, 0.3) is 0 Å². The zero-order valence-corrected chi connectivity index (χ0v) is 20.6. The number of benzene rings is 1. The molecule has 0 aliphatic carbocycles. The maximum Gasteiger partial charge on any atom is 0.408 e. The quantitative estimate of drug-likeness (QED) is 0.377. The minimum absolute atomic E-state index is 0.00192. The van der Waals surface area contributed by atoms with Crippen LogP contribution < -0.4 is 10.6 Å². The largest absolute Gasteiger partial charge is 0.445 e. The third-order valence-corrected chi connectivity index (χ3v) is 5.27. The van der Waals surface area contributed by atoms with E-state index in [2.05, 4.69) is 10.6 Å². The van der Waals surface area contributed by atoms with Crippen LogP contribution in [-0.2, 0) is 25.7 Å². The van der Waals surface area contributed by atoms with Crippen molar-refractivity contribution in [2.75, 3.05) is 0 Å². The number of amides is 2. The van der Waals surface area contributed by atoms with Crippen molar-refractivity contribution >= 4 is 24.1 Å². The van der Waals surface area contributed by atoms with Gasteiger partial charge in [0, 0.05) is 12.3 Å². The summed E-state index contributed by atoms with van der Waals surface area (Å²) in [6.07, 6.45) is 2.36. The lowest BCUT2D eigenvalue weighted by molar-refractivity contribution is -0.132. The van der Waals surface area contributed by atoms with E-state index in [1.807, 2.05) is 65.0 Å². The molecule has 2 N–H and O–H groups in total. The molecule has 33 heavy (non-hydrogen) atoms. The van der Waals surface area contributed by atoms with Gasteiger partial charge < -0.3 is 20.2 Å². The molecule has 0 saturated carbocycles. The number of ketones is 1. The first-order chi connectivity index (χ1) is 15.7. The molecular weight excluding hydrogens is 420 g/mol. The van der Waals surface area contributed by atoms with E-state index in [1.54, 1.807) is 0 Å². The number of rotatable bonds is 15. The number of nitrogens with one attached hydrogen (secondary N) is 2. The molecule has 0 aliphatic rings. The van der Waals surface area contributed by atoms with Gasteiger partial charge in [-0.05, 0) is 36.7 Å². The average Bonchev–Trinajstić information content (AvgIpc) is 2.76. The molecule has 0 radical (unpaired) electrons. The summed E-state index contributed by atoms with van der Waals surface area (Å²) < 4.78 is 5.28. The second-order valence-corrected chi connectivity index (χ2v) is 9.42. The zero-order chi connectivity index (χ0) is 24.8. The van der Waals surface area contributed by atoms with Gasteiger partial charge >= 0.3 is 6.09 Å². The standard InChI is InChI=1S/C26H40N2O5/c1-6-10-22(16-29)27-25(31)21(13-18(2)3)15-24(30)23(14-19(4)5)28-26(32)33-17-20-11-8-7-9-12-20/h7-9,11-12,16,18-19,21-23H,6,10,13-15,17H2,1-5H3,(H,27,31)(H,28,32)/t21-,22+,23+/m1/s1. The van der Waals surface area contributed by atoms with E-state index in [0.717, 1.165) is 18.3 Å². The highest BCUT2D eigenvalue weighted by molar-refractivity contribution is 5.92. The van der Waals surface area contributed by atoms with E-state index in [-0.39, 0.29) is 36.6 Å². The molecule has 0 unspecified atom stereocenters. The number of Topliss-reactive ketones (excluding diaryl/α,β-unsaturated/α-hetero) is 1. The van der Waals surface area contributed by atoms with Crippen molar-refractivity contribution in [2.24, 2.45) is 17.8 Å². The molecule has 1 rings (SSSR count). The van der Waals surface area contributed by atoms with Gasteiger partial charge in [-0.25, -0.2) is 4.79 Å². The van der Waals surface area contributed by atoms with E-state index in [4.69, 9.17) is 4.74 Å². The normalized spacial score (nSPS) is 13.8. The van der Waals surface area contributed by atoms with Crippen LogP contribution in [0.2, 0.25) is 0 Å². The predicted molar refractivity (Wildman–Crippen MR) is 128 cm³/mol.